The Morgan fingerprint density at radius 2 is 1.73 bits per heavy atom. The van der Waals surface area contributed by atoms with Crippen molar-refractivity contribution in [3.05, 3.63) is 23.8 Å². The van der Waals surface area contributed by atoms with Crippen LogP contribution in [-0.4, -0.2) is 81.0 Å². The fraction of sp³-hybridized carbons (Fsp3) is 0.636. The summed E-state index contributed by atoms with van der Waals surface area (Å²) in [5.74, 6) is 0.922. The van der Waals surface area contributed by atoms with E-state index in [4.69, 9.17) is 18.9 Å². The number of ether oxygens (including phenoxy) is 4. The van der Waals surface area contributed by atoms with Crippen molar-refractivity contribution in [2.45, 2.75) is 39.2 Å². The van der Waals surface area contributed by atoms with E-state index in [1.54, 1.807) is 31.3 Å². The highest BCUT2D eigenvalue weighted by Gasteiger charge is 2.24. The van der Waals surface area contributed by atoms with Crippen LogP contribution in [0.4, 0.5) is 4.79 Å². The van der Waals surface area contributed by atoms with Crippen LogP contribution in [0.25, 0.3) is 0 Å². The summed E-state index contributed by atoms with van der Waals surface area (Å²) in [4.78, 5) is 28.4. The zero-order valence-electron chi connectivity index (χ0n) is 18.7. The second-order valence-electron chi connectivity index (χ2n) is 8.25. The van der Waals surface area contributed by atoms with Crippen LogP contribution in [0.1, 0.15) is 32.8 Å². The molecular formula is C22H34N2O6. The number of esters is 1. The molecule has 1 aromatic carbocycles. The molecule has 1 aromatic rings. The molecule has 30 heavy (non-hydrogen) atoms. The largest absolute Gasteiger partial charge is 0.493 e. The van der Waals surface area contributed by atoms with Crippen molar-refractivity contribution in [3.8, 4) is 11.5 Å². The molecule has 1 amide bonds. The van der Waals surface area contributed by atoms with E-state index in [0.717, 1.165) is 25.1 Å². The third-order valence-corrected chi connectivity index (χ3v) is 4.71. The average Bonchev–Trinajstić information content (AvgIpc) is 2.92. The third-order valence-electron chi connectivity index (χ3n) is 4.71. The van der Waals surface area contributed by atoms with Gasteiger partial charge in [-0.1, -0.05) is 6.07 Å². The summed E-state index contributed by atoms with van der Waals surface area (Å²) >= 11 is 0. The van der Waals surface area contributed by atoms with E-state index in [0.29, 0.717) is 37.7 Å². The first-order valence-corrected chi connectivity index (χ1v) is 10.3. The van der Waals surface area contributed by atoms with Crippen molar-refractivity contribution in [2.24, 2.45) is 0 Å². The number of carbonyl (C=O) groups is 2. The summed E-state index contributed by atoms with van der Waals surface area (Å²) in [5.41, 5.74) is 0.311. The second-order valence-corrected chi connectivity index (χ2v) is 8.25. The Balaban J connectivity index is 1.73. The van der Waals surface area contributed by atoms with Crippen LogP contribution in [0.15, 0.2) is 18.2 Å². The standard InChI is InChI=1S/C22H34N2O6/c1-22(2,3)30-21(26)24-10-6-9-23(11-12-24)13-14-29-20(25)16-17-7-8-18(27-4)19(15-17)28-5/h7-8,15H,6,9-14,16H2,1-5H3. The van der Waals surface area contributed by atoms with Crippen LogP contribution in [0, 0.1) is 0 Å². The van der Waals surface area contributed by atoms with Crippen molar-refractivity contribution < 1.29 is 28.5 Å². The van der Waals surface area contributed by atoms with E-state index in [1.807, 2.05) is 26.8 Å². The Hall–Kier alpha value is -2.48. The summed E-state index contributed by atoms with van der Waals surface area (Å²) in [7, 11) is 3.13. The summed E-state index contributed by atoms with van der Waals surface area (Å²) in [6, 6.07) is 5.37. The molecule has 1 heterocycles. The van der Waals surface area contributed by atoms with Gasteiger partial charge in [-0.05, 0) is 44.9 Å². The van der Waals surface area contributed by atoms with Crippen LogP contribution < -0.4 is 9.47 Å². The number of methoxy groups -OCH3 is 2. The van der Waals surface area contributed by atoms with Gasteiger partial charge in [0.1, 0.15) is 12.2 Å². The van der Waals surface area contributed by atoms with E-state index in [2.05, 4.69) is 4.90 Å². The molecule has 0 aliphatic carbocycles. The molecule has 1 saturated heterocycles. The van der Waals surface area contributed by atoms with Crippen molar-refractivity contribution in [3.63, 3.8) is 0 Å². The van der Waals surface area contributed by atoms with Gasteiger partial charge in [-0.3, -0.25) is 9.69 Å². The van der Waals surface area contributed by atoms with Crippen LogP contribution in [0.5, 0.6) is 11.5 Å². The summed E-state index contributed by atoms with van der Waals surface area (Å²) < 4.78 is 21.3. The molecular weight excluding hydrogens is 388 g/mol. The maximum Gasteiger partial charge on any atom is 0.410 e. The normalized spacial score (nSPS) is 15.3. The van der Waals surface area contributed by atoms with Gasteiger partial charge in [-0.15, -0.1) is 0 Å². The molecule has 1 aliphatic rings. The summed E-state index contributed by atoms with van der Waals surface area (Å²) in [6.07, 6.45) is 0.761. The highest BCUT2D eigenvalue weighted by molar-refractivity contribution is 5.73. The molecule has 1 fully saturated rings. The number of benzene rings is 1. The number of amides is 1. The van der Waals surface area contributed by atoms with Gasteiger partial charge in [0.2, 0.25) is 0 Å². The maximum atomic E-state index is 12.2. The molecule has 0 atom stereocenters. The molecule has 0 spiro atoms. The number of hydrogen-bond donors (Lipinski definition) is 0. The maximum absolute atomic E-state index is 12.2. The predicted octanol–water partition coefficient (Wildman–Crippen LogP) is 2.73. The average molecular weight is 423 g/mol. The van der Waals surface area contributed by atoms with Gasteiger partial charge in [0.25, 0.3) is 0 Å². The van der Waals surface area contributed by atoms with Gasteiger partial charge in [-0.2, -0.15) is 0 Å². The molecule has 0 N–H and O–H groups in total. The highest BCUT2D eigenvalue weighted by Crippen LogP contribution is 2.27. The van der Waals surface area contributed by atoms with Gasteiger partial charge in [0, 0.05) is 32.7 Å². The van der Waals surface area contributed by atoms with E-state index in [1.165, 1.54) is 0 Å². The first-order valence-electron chi connectivity index (χ1n) is 10.3. The first-order chi connectivity index (χ1) is 14.2. The number of carbonyl (C=O) groups excluding carboxylic acids is 2. The summed E-state index contributed by atoms with van der Waals surface area (Å²) in [5, 5.41) is 0. The topological polar surface area (TPSA) is 77.5 Å². The Morgan fingerprint density at radius 1 is 1.00 bits per heavy atom. The minimum Gasteiger partial charge on any atom is -0.493 e. The van der Waals surface area contributed by atoms with Crippen molar-refractivity contribution in [1.82, 2.24) is 9.80 Å². The fourth-order valence-electron chi connectivity index (χ4n) is 3.20. The van der Waals surface area contributed by atoms with Gasteiger partial charge < -0.3 is 23.8 Å². The molecule has 0 radical (unpaired) electrons. The zero-order chi connectivity index (χ0) is 22.1. The Labute approximate surface area is 179 Å². The van der Waals surface area contributed by atoms with E-state index < -0.39 is 5.60 Å². The van der Waals surface area contributed by atoms with Crippen LogP contribution in [0.3, 0.4) is 0 Å². The van der Waals surface area contributed by atoms with Crippen molar-refractivity contribution in [1.29, 1.82) is 0 Å². The summed E-state index contributed by atoms with van der Waals surface area (Å²) in [6.45, 7) is 9.42. The van der Waals surface area contributed by atoms with Crippen LogP contribution in [-0.2, 0) is 20.7 Å². The zero-order valence-corrected chi connectivity index (χ0v) is 18.7. The molecule has 168 valence electrons. The van der Waals surface area contributed by atoms with E-state index >= 15 is 0 Å². The van der Waals surface area contributed by atoms with E-state index in [-0.39, 0.29) is 18.5 Å². The molecule has 1 aliphatic heterocycles. The molecule has 0 saturated carbocycles. The lowest BCUT2D eigenvalue weighted by Gasteiger charge is -2.26. The minimum atomic E-state index is -0.495. The predicted molar refractivity (Wildman–Crippen MR) is 113 cm³/mol. The quantitative estimate of drug-likeness (QED) is 0.625. The lowest BCUT2D eigenvalue weighted by atomic mass is 10.1. The SMILES string of the molecule is COc1ccc(CC(=O)OCCN2CCCN(C(=O)OC(C)(C)C)CC2)cc1OC. The van der Waals surface area contributed by atoms with Gasteiger partial charge in [-0.25, -0.2) is 4.79 Å². The van der Waals surface area contributed by atoms with Crippen LogP contribution >= 0.6 is 0 Å². The fourth-order valence-corrected chi connectivity index (χ4v) is 3.20. The molecule has 8 nitrogen and oxygen atoms in total. The molecule has 0 unspecified atom stereocenters. The monoisotopic (exact) mass is 422 g/mol. The van der Waals surface area contributed by atoms with E-state index in [9.17, 15) is 9.59 Å². The first kappa shape index (κ1) is 23.8. The lowest BCUT2D eigenvalue weighted by molar-refractivity contribution is -0.143. The van der Waals surface area contributed by atoms with Crippen molar-refractivity contribution in [2.75, 3.05) is 53.6 Å². The number of rotatable bonds is 7. The Bertz CT molecular complexity index is 716. The smallest absolute Gasteiger partial charge is 0.410 e. The third kappa shape index (κ3) is 7.74. The number of nitrogens with zero attached hydrogens (tertiary/aromatic N) is 2. The lowest BCUT2D eigenvalue weighted by Crippen LogP contribution is -2.39. The van der Waals surface area contributed by atoms with Crippen molar-refractivity contribution >= 4 is 12.1 Å². The second kappa shape index (κ2) is 11.1. The van der Waals surface area contributed by atoms with Gasteiger partial charge in [0.15, 0.2) is 11.5 Å². The number of hydrogen-bond acceptors (Lipinski definition) is 7. The molecule has 0 aromatic heterocycles. The molecule has 8 heteroatoms. The Morgan fingerprint density at radius 3 is 2.40 bits per heavy atom. The molecule has 0 bridgehead atoms. The molecule has 2 rings (SSSR count). The van der Waals surface area contributed by atoms with Gasteiger partial charge >= 0.3 is 12.1 Å². The highest BCUT2D eigenvalue weighted by atomic mass is 16.6. The Kier molecular flexibility index (Phi) is 8.77. The van der Waals surface area contributed by atoms with Crippen LogP contribution in [0.2, 0.25) is 0 Å². The van der Waals surface area contributed by atoms with Gasteiger partial charge in [0.05, 0.1) is 20.6 Å². The minimum absolute atomic E-state index is 0.173.